The summed E-state index contributed by atoms with van der Waals surface area (Å²) in [6.07, 6.45) is 9.39. The molecule has 2 aromatic carbocycles. The topological polar surface area (TPSA) is 94.2 Å². The molecular formula is C25H26N6O2S. The number of benzene rings is 2. The normalized spacial score (nSPS) is 15.8. The van der Waals surface area contributed by atoms with Gasteiger partial charge in [-0.2, -0.15) is 4.31 Å². The van der Waals surface area contributed by atoms with Crippen molar-refractivity contribution in [2.75, 3.05) is 38.5 Å². The van der Waals surface area contributed by atoms with Gasteiger partial charge in [-0.3, -0.25) is 0 Å². The van der Waals surface area contributed by atoms with Gasteiger partial charge in [0.15, 0.2) is 0 Å². The second kappa shape index (κ2) is 9.38. The van der Waals surface area contributed by atoms with Crippen molar-refractivity contribution in [1.29, 1.82) is 0 Å². The molecule has 9 heteroatoms. The monoisotopic (exact) mass is 474 g/mol. The van der Waals surface area contributed by atoms with E-state index >= 15 is 0 Å². The van der Waals surface area contributed by atoms with Gasteiger partial charge < -0.3 is 15.2 Å². The maximum atomic E-state index is 13.0. The fourth-order valence-electron chi connectivity index (χ4n) is 3.97. The van der Waals surface area contributed by atoms with Gasteiger partial charge in [0.1, 0.15) is 0 Å². The van der Waals surface area contributed by atoms with E-state index in [-0.39, 0.29) is 4.90 Å². The van der Waals surface area contributed by atoms with E-state index in [1.54, 1.807) is 36.7 Å². The Balaban J connectivity index is 1.28. The molecule has 1 saturated heterocycles. The molecule has 0 aliphatic carbocycles. The quantitative estimate of drug-likeness (QED) is 0.441. The number of sulfonamides is 1. The fourth-order valence-corrected chi connectivity index (χ4v) is 5.44. The first-order valence-electron chi connectivity index (χ1n) is 11.1. The third-order valence-electron chi connectivity index (χ3n) is 5.95. The number of aromatic nitrogens is 3. The lowest BCUT2D eigenvalue weighted by molar-refractivity contribution is 0.222. The molecule has 1 aliphatic rings. The number of nitrogens with one attached hydrogen (secondary N) is 2. The van der Waals surface area contributed by atoms with Gasteiger partial charge >= 0.3 is 0 Å². The van der Waals surface area contributed by atoms with Crippen molar-refractivity contribution >= 4 is 44.7 Å². The van der Waals surface area contributed by atoms with Gasteiger partial charge in [0, 0.05) is 66.9 Å². The highest BCUT2D eigenvalue weighted by molar-refractivity contribution is 7.89. The molecule has 0 bridgehead atoms. The fraction of sp³-hybridized carbons (Fsp3) is 0.200. The minimum absolute atomic E-state index is 0.264. The Labute approximate surface area is 199 Å². The maximum Gasteiger partial charge on any atom is 0.243 e. The Morgan fingerprint density at radius 3 is 2.53 bits per heavy atom. The first kappa shape index (κ1) is 22.3. The van der Waals surface area contributed by atoms with Crippen molar-refractivity contribution in [3.05, 3.63) is 78.2 Å². The van der Waals surface area contributed by atoms with Crippen LogP contribution in [-0.4, -0.2) is 65.8 Å². The van der Waals surface area contributed by atoms with Crippen molar-refractivity contribution in [3.63, 3.8) is 0 Å². The van der Waals surface area contributed by atoms with Crippen molar-refractivity contribution in [2.45, 2.75) is 4.90 Å². The molecule has 2 N–H and O–H groups in total. The van der Waals surface area contributed by atoms with Crippen LogP contribution in [0.25, 0.3) is 23.1 Å². The SMILES string of the molecule is CN1CCN(S(=O)(=O)c2cccc(Nc3ncc(C=Cc4cccc5[nH]ccc45)cn3)c2)CC1. The average molecular weight is 475 g/mol. The second-order valence-electron chi connectivity index (χ2n) is 8.32. The molecule has 0 spiro atoms. The molecular weight excluding hydrogens is 448 g/mol. The minimum Gasteiger partial charge on any atom is -0.361 e. The summed E-state index contributed by atoms with van der Waals surface area (Å²) in [5.74, 6) is 0.402. The average Bonchev–Trinajstić information content (AvgIpc) is 3.34. The van der Waals surface area contributed by atoms with Crippen LogP contribution in [0, 0.1) is 0 Å². The number of hydrogen-bond acceptors (Lipinski definition) is 6. The number of nitrogens with zero attached hydrogens (tertiary/aromatic N) is 4. The molecule has 1 aliphatic heterocycles. The molecule has 4 aromatic rings. The number of H-pyrrole nitrogens is 1. The summed E-state index contributed by atoms with van der Waals surface area (Å²) >= 11 is 0. The number of piperazine rings is 1. The molecule has 0 radical (unpaired) electrons. The van der Waals surface area contributed by atoms with Crippen LogP contribution in [0.3, 0.4) is 0 Å². The summed E-state index contributed by atoms with van der Waals surface area (Å²) in [6.45, 7) is 2.44. The summed E-state index contributed by atoms with van der Waals surface area (Å²) in [7, 11) is -1.54. The largest absolute Gasteiger partial charge is 0.361 e. The Morgan fingerprint density at radius 1 is 0.971 bits per heavy atom. The number of aromatic amines is 1. The van der Waals surface area contributed by atoms with Crippen LogP contribution in [0.4, 0.5) is 11.6 Å². The van der Waals surface area contributed by atoms with Gasteiger partial charge in [-0.25, -0.2) is 18.4 Å². The van der Waals surface area contributed by atoms with Crippen LogP contribution in [0.1, 0.15) is 11.1 Å². The number of anilines is 2. The van der Waals surface area contributed by atoms with Crippen molar-refractivity contribution < 1.29 is 8.42 Å². The van der Waals surface area contributed by atoms with Crippen LogP contribution in [0.2, 0.25) is 0 Å². The summed E-state index contributed by atoms with van der Waals surface area (Å²) in [5.41, 5.74) is 3.69. The molecule has 0 saturated carbocycles. The number of hydrogen-bond donors (Lipinski definition) is 2. The number of fused-ring (bicyclic) bond motifs is 1. The summed E-state index contributed by atoms with van der Waals surface area (Å²) < 4.78 is 27.6. The zero-order chi connectivity index (χ0) is 23.5. The van der Waals surface area contributed by atoms with Crippen LogP contribution in [-0.2, 0) is 10.0 Å². The van der Waals surface area contributed by atoms with Crippen LogP contribution >= 0.6 is 0 Å². The number of rotatable bonds is 6. The molecule has 0 unspecified atom stereocenters. The summed E-state index contributed by atoms with van der Waals surface area (Å²) in [5, 5.41) is 4.26. The molecule has 0 amide bonds. The van der Waals surface area contributed by atoms with Crippen LogP contribution < -0.4 is 5.32 Å². The second-order valence-corrected chi connectivity index (χ2v) is 10.3. The number of likely N-dealkylation sites (N-methyl/N-ethyl adjacent to an activating group) is 1. The Morgan fingerprint density at radius 2 is 1.74 bits per heavy atom. The van der Waals surface area contributed by atoms with Gasteiger partial charge in [0.2, 0.25) is 16.0 Å². The highest BCUT2D eigenvalue weighted by Gasteiger charge is 2.27. The highest BCUT2D eigenvalue weighted by atomic mass is 32.2. The van der Waals surface area contributed by atoms with Gasteiger partial charge in [-0.15, -0.1) is 0 Å². The first-order chi connectivity index (χ1) is 16.5. The lowest BCUT2D eigenvalue weighted by atomic mass is 10.1. The standard InChI is InChI=1S/C25H26N6O2S/c1-30-12-14-31(15-13-30)34(32,33)22-6-3-5-21(16-22)29-25-27-17-19(18-28-25)8-9-20-4-2-7-24-23(20)10-11-26-24/h2-11,16-18,26H,12-15H2,1H3,(H,27,28,29). The molecule has 1 fully saturated rings. The Hall–Kier alpha value is -3.53. The summed E-state index contributed by atoms with van der Waals surface area (Å²) in [6, 6.07) is 15.0. The zero-order valence-corrected chi connectivity index (χ0v) is 19.7. The van der Waals surface area contributed by atoms with Gasteiger partial charge in [-0.05, 0) is 42.9 Å². The summed E-state index contributed by atoms with van der Waals surface area (Å²) in [4.78, 5) is 14.4. The lowest BCUT2D eigenvalue weighted by Crippen LogP contribution is -2.47. The zero-order valence-electron chi connectivity index (χ0n) is 18.8. The highest BCUT2D eigenvalue weighted by Crippen LogP contribution is 2.23. The Kier molecular flexibility index (Phi) is 6.14. The van der Waals surface area contributed by atoms with E-state index in [2.05, 4.69) is 37.3 Å². The van der Waals surface area contributed by atoms with E-state index < -0.39 is 10.0 Å². The third kappa shape index (κ3) is 4.72. The van der Waals surface area contributed by atoms with Crippen molar-refractivity contribution in [2.24, 2.45) is 0 Å². The predicted octanol–water partition coefficient (Wildman–Crippen LogP) is 3.81. The van der Waals surface area contributed by atoms with E-state index in [4.69, 9.17) is 0 Å². The van der Waals surface area contributed by atoms with Gasteiger partial charge in [-0.1, -0.05) is 30.4 Å². The minimum atomic E-state index is -3.54. The van der Waals surface area contributed by atoms with Crippen LogP contribution in [0.5, 0.6) is 0 Å². The van der Waals surface area contributed by atoms with Gasteiger partial charge in [0.25, 0.3) is 0 Å². The smallest absolute Gasteiger partial charge is 0.243 e. The molecule has 0 atom stereocenters. The van der Waals surface area contributed by atoms with Crippen molar-refractivity contribution in [1.82, 2.24) is 24.2 Å². The Bertz CT molecular complexity index is 1420. The van der Waals surface area contributed by atoms with E-state index in [0.717, 1.165) is 35.1 Å². The van der Waals surface area contributed by atoms with E-state index in [0.29, 0.717) is 24.7 Å². The van der Waals surface area contributed by atoms with Gasteiger partial charge in [0.05, 0.1) is 4.90 Å². The van der Waals surface area contributed by atoms with E-state index in [9.17, 15) is 8.42 Å². The maximum absolute atomic E-state index is 13.0. The molecule has 2 aromatic heterocycles. The first-order valence-corrected chi connectivity index (χ1v) is 12.5. The van der Waals surface area contributed by atoms with Crippen LogP contribution in [0.15, 0.2) is 72.0 Å². The predicted molar refractivity (Wildman–Crippen MR) is 135 cm³/mol. The lowest BCUT2D eigenvalue weighted by Gasteiger charge is -2.31. The molecule has 34 heavy (non-hydrogen) atoms. The molecule has 174 valence electrons. The third-order valence-corrected chi connectivity index (χ3v) is 7.84. The van der Waals surface area contributed by atoms with E-state index in [1.165, 1.54) is 4.31 Å². The molecule has 8 nitrogen and oxygen atoms in total. The molecule has 5 rings (SSSR count). The van der Waals surface area contributed by atoms with E-state index in [1.807, 2.05) is 37.5 Å². The van der Waals surface area contributed by atoms with Crippen molar-refractivity contribution in [3.8, 4) is 0 Å². The molecule has 3 heterocycles.